The van der Waals surface area contributed by atoms with E-state index in [0.29, 0.717) is 11.8 Å². The Labute approximate surface area is 104 Å². The van der Waals surface area contributed by atoms with Crippen LogP contribution in [0.2, 0.25) is 0 Å². The Kier molecular flexibility index (Phi) is 4.43. The van der Waals surface area contributed by atoms with Gasteiger partial charge in [-0.3, -0.25) is 0 Å². The van der Waals surface area contributed by atoms with E-state index < -0.39 is 0 Å². The molecule has 0 bridgehead atoms. The van der Waals surface area contributed by atoms with Crippen LogP contribution in [0.1, 0.15) is 38.2 Å². The van der Waals surface area contributed by atoms with Crippen molar-refractivity contribution >= 4 is 0 Å². The highest BCUT2D eigenvalue weighted by Crippen LogP contribution is 2.28. The zero-order chi connectivity index (χ0) is 12.1. The summed E-state index contributed by atoms with van der Waals surface area (Å²) in [7, 11) is 0. The van der Waals surface area contributed by atoms with Crippen molar-refractivity contribution in [1.82, 2.24) is 5.32 Å². The van der Waals surface area contributed by atoms with E-state index in [-0.39, 0.29) is 0 Å². The minimum Gasteiger partial charge on any atom is -0.508 e. The van der Waals surface area contributed by atoms with Gasteiger partial charge in [-0.25, -0.2) is 0 Å². The molecule has 1 aliphatic rings. The highest BCUT2D eigenvalue weighted by atomic mass is 16.3. The van der Waals surface area contributed by atoms with Gasteiger partial charge in [0.25, 0.3) is 0 Å². The van der Waals surface area contributed by atoms with Crippen LogP contribution in [0.3, 0.4) is 0 Å². The van der Waals surface area contributed by atoms with Gasteiger partial charge in [0.05, 0.1) is 0 Å². The van der Waals surface area contributed by atoms with Gasteiger partial charge in [-0.05, 0) is 49.4 Å². The molecule has 0 spiro atoms. The molecule has 0 aliphatic heterocycles. The lowest BCUT2D eigenvalue weighted by Crippen LogP contribution is -2.39. The van der Waals surface area contributed by atoms with Crippen LogP contribution in [-0.2, 0) is 6.42 Å². The van der Waals surface area contributed by atoms with Gasteiger partial charge < -0.3 is 10.4 Å². The second-order valence-corrected chi connectivity index (χ2v) is 5.08. The van der Waals surface area contributed by atoms with Crippen LogP contribution in [0.5, 0.6) is 5.75 Å². The molecule has 0 amide bonds. The summed E-state index contributed by atoms with van der Waals surface area (Å²) in [6, 6.07) is 8.37. The molecule has 2 heteroatoms. The second-order valence-electron chi connectivity index (χ2n) is 5.08. The third kappa shape index (κ3) is 3.47. The van der Waals surface area contributed by atoms with Crippen molar-refractivity contribution in [1.29, 1.82) is 0 Å². The van der Waals surface area contributed by atoms with Crippen LogP contribution in [0.4, 0.5) is 0 Å². The minimum atomic E-state index is 0.387. The Hall–Kier alpha value is -1.02. The number of benzene rings is 1. The van der Waals surface area contributed by atoms with Gasteiger partial charge in [-0.2, -0.15) is 0 Å². The van der Waals surface area contributed by atoms with Gasteiger partial charge in [0.1, 0.15) is 5.75 Å². The zero-order valence-electron chi connectivity index (χ0n) is 10.7. The van der Waals surface area contributed by atoms with E-state index in [2.05, 4.69) is 18.3 Å². The van der Waals surface area contributed by atoms with Gasteiger partial charge in [-0.15, -0.1) is 0 Å². The molecule has 1 aliphatic carbocycles. The molecule has 2 N–H and O–H groups in total. The predicted octanol–water partition coefficient (Wildman–Crippen LogP) is 3.10. The highest BCUT2D eigenvalue weighted by Gasteiger charge is 2.24. The lowest BCUT2D eigenvalue weighted by Gasteiger charge is -2.32. The molecule has 1 aromatic rings. The molecule has 0 saturated heterocycles. The first kappa shape index (κ1) is 12.4. The number of phenolic OH excluding ortho intramolecular Hbond substituents is 1. The van der Waals surface area contributed by atoms with Gasteiger partial charge in [0.2, 0.25) is 0 Å². The molecule has 17 heavy (non-hydrogen) atoms. The van der Waals surface area contributed by atoms with Gasteiger partial charge in [0.15, 0.2) is 0 Å². The monoisotopic (exact) mass is 233 g/mol. The Morgan fingerprint density at radius 3 is 2.88 bits per heavy atom. The molecular formula is C15H23NO. The number of aromatic hydroxyl groups is 1. The van der Waals surface area contributed by atoms with Gasteiger partial charge >= 0.3 is 0 Å². The summed E-state index contributed by atoms with van der Waals surface area (Å²) in [5.41, 5.74) is 1.26. The van der Waals surface area contributed by atoms with E-state index in [9.17, 15) is 5.11 Å². The van der Waals surface area contributed by atoms with Crippen LogP contribution in [0, 0.1) is 5.92 Å². The Morgan fingerprint density at radius 2 is 2.12 bits per heavy atom. The van der Waals surface area contributed by atoms with Crippen molar-refractivity contribution in [3.63, 3.8) is 0 Å². The SMILES string of the molecule is CCNC1CCCCC1Cc1cccc(O)c1. The summed E-state index contributed by atoms with van der Waals surface area (Å²) >= 11 is 0. The summed E-state index contributed by atoms with van der Waals surface area (Å²) in [4.78, 5) is 0. The number of phenols is 1. The van der Waals surface area contributed by atoms with Gasteiger partial charge in [0, 0.05) is 6.04 Å². The van der Waals surface area contributed by atoms with Crippen LogP contribution in [0.15, 0.2) is 24.3 Å². The molecule has 1 aromatic carbocycles. The van der Waals surface area contributed by atoms with E-state index in [4.69, 9.17) is 0 Å². The molecule has 94 valence electrons. The zero-order valence-corrected chi connectivity index (χ0v) is 10.7. The summed E-state index contributed by atoms with van der Waals surface area (Å²) in [5, 5.41) is 13.1. The fraction of sp³-hybridized carbons (Fsp3) is 0.600. The fourth-order valence-electron chi connectivity index (χ4n) is 2.97. The lowest BCUT2D eigenvalue weighted by atomic mass is 9.80. The van der Waals surface area contributed by atoms with Crippen molar-refractivity contribution in [2.45, 2.75) is 45.1 Å². The number of nitrogens with one attached hydrogen (secondary N) is 1. The number of hydrogen-bond acceptors (Lipinski definition) is 2. The fourth-order valence-corrected chi connectivity index (χ4v) is 2.97. The first-order chi connectivity index (χ1) is 8.29. The predicted molar refractivity (Wildman–Crippen MR) is 71.2 cm³/mol. The smallest absolute Gasteiger partial charge is 0.115 e. The van der Waals surface area contributed by atoms with E-state index in [1.54, 1.807) is 6.07 Å². The normalized spacial score (nSPS) is 24.8. The van der Waals surface area contributed by atoms with E-state index in [1.807, 2.05) is 12.1 Å². The first-order valence-electron chi connectivity index (χ1n) is 6.81. The molecule has 2 unspecified atom stereocenters. The molecule has 0 radical (unpaired) electrons. The summed E-state index contributed by atoms with van der Waals surface area (Å²) < 4.78 is 0. The summed E-state index contributed by atoms with van der Waals surface area (Å²) in [6.45, 7) is 3.24. The maximum absolute atomic E-state index is 9.50. The third-order valence-corrected chi connectivity index (χ3v) is 3.78. The first-order valence-corrected chi connectivity index (χ1v) is 6.81. The Balaban J connectivity index is 2.00. The minimum absolute atomic E-state index is 0.387. The second kappa shape index (κ2) is 6.06. The van der Waals surface area contributed by atoms with Gasteiger partial charge in [-0.1, -0.05) is 31.9 Å². The maximum atomic E-state index is 9.50. The van der Waals surface area contributed by atoms with Crippen LogP contribution >= 0.6 is 0 Å². The molecule has 2 nitrogen and oxygen atoms in total. The lowest BCUT2D eigenvalue weighted by molar-refractivity contribution is 0.264. The van der Waals surface area contributed by atoms with Crippen LogP contribution < -0.4 is 5.32 Å². The summed E-state index contributed by atoms with van der Waals surface area (Å²) in [5.74, 6) is 1.11. The van der Waals surface area contributed by atoms with Crippen molar-refractivity contribution in [2.24, 2.45) is 5.92 Å². The molecule has 0 aromatic heterocycles. The quantitative estimate of drug-likeness (QED) is 0.837. The van der Waals surface area contributed by atoms with E-state index in [0.717, 1.165) is 18.9 Å². The largest absolute Gasteiger partial charge is 0.508 e. The van der Waals surface area contributed by atoms with Crippen molar-refractivity contribution in [3.8, 4) is 5.75 Å². The average Bonchev–Trinajstić information content (AvgIpc) is 2.32. The molecule has 0 heterocycles. The highest BCUT2D eigenvalue weighted by molar-refractivity contribution is 5.27. The topological polar surface area (TPSA) is 32.3 Å². The van der Waals surface area contributed by atoms with Crippen molar-refractivity contribution < 1.29 is 5.11 Å². The van der Waals surface area contributed by atoms with Crippen LogP contribution in [-0.4, -0.2) is 17.7 Å². The van der Waals surface area contributed by atoms with E-state index >= 15 is 0 Å². The average molecular weight is 233 g/mol. The Bertz CT molecular complexity index is 349. The molecule has 2 atom stereocenters. The molecule has 1 saturated carbocycles. The molecule has 1 fully saturated rings. The third-order valence-electron chi connectivity index (χ3n) is 3.78. The van der Waals surface area contributed by atoms with Crippen molar-refractivity contribution in [3.05, 3.63) is 29.8 Å². The van der Waals surface area contributed by atoms with Crippen molar-refractivity contribution in [2.75, 3.05) is 6.54 Å². The molecular weight excluding hydrogens is 210 g/mol. The number of hydrogen-bond donors (Lipinski definition) is 2. The van der Waals surface area contributed by atoms with E-state index in [1.165, 1.54) is 31.2 Å². The molecule has 2 rings (SSSR count). The number of rotatable bonds is 4. The standard InChI is InChI=1S/C15H23NO/c1-2-16-15-9-4-3-7-13(15)10-12-6-5-8-14(17)11-12/h5-6,8,11,13,15-17H,2-4,7,9-10H2,1H3. The Morgan fingerprint density at radius 1 is 1.29 bits per heavy atom. The summed E-state index contributed by atoms with van der Waals surface area (Å²) in [6.07, 6.45) is 6.41. The maximum Gasteiger partial charge on any atom is 0.115 e. The van der Waals surface area contributed by atoms with Crippen LogP contribution in [0.25, 0.3) is 0 Å².